The first kappa shape index (κ1) is 21.5. The van der Waals surface area contributed by atoms with Gasteiger partial charge in [0.05, 0.1) is 22.2 Å². The zero-order valence-corrected chi connectivity index (χ0v) is 16.5. The second-order valence-electron chi connectivity index (χ2n) is 6.01. The van der Waals surface area contributed by atoms with Crippen LogP contribution in [0.2, 0.25) is 10.0 Å². The van der Waals surface area contributed by atoms with E-state index in [1.165, 1.54) is 12.1 Å². The molecular weight excluding hydrogens is 405 g/mol. The number of rotatable bonds is 7. The van der Waals surface area contributed by atoms with Gasteiger partial charge in [0.25, 0.3) is 5.91 Å². The third kappa shape index (κ3) is 6.14. The van der Waals surface area contributed by atoms with Crippen LogP contribution in [0.3, 0.4) is 0 Å². The lowest BCUT2D eigenvalue weighted by Crippen LogP contribution is -2.50. The number of urea groups is 1. The number of carbonyl (C=O) groups is 3. The quantitative estimate of drug-likeness (QED) is 0.548. The van der Waals surface area contributed by atoms with Gasteiger partial charge in [-0.1, -0.05) is 59.1 Å². The van der Waals surface area contributed by atoms with E-state index in [0.29, 0.717) is 0 Å². The number of carboxylic acid groups (broad SMARTS) is 1. The summed E-state index contributed by atoms with van der Waals surface area (Å²) in [6.45, 7) is 1.92. The highest BCUT2D eigenvalue weighted by atomic mass is 35.5. The molecule has 0 fully saturated rings. The molecule has 0 unspecified atom stereocenters. The number of carboxylic acids is 1. The van der Waals surface area contributed by atoms with Gasteiger partial charge in [0.2, 0.25) is 0 Å². The average molecular weight is 424 g/mol. The lowest BCUT2D eigenvalue weighted by molar-refractivity contribution is -0.139. The third-order valence-electron chi connectivity index (χ3n) is 3.83. The minimum absolute atomic E-state index is 0.0269. The lowest BCUT2D eigenvalue weighted by Gasteiger charge is -2.16. The number of benzene rings is 2. The number of hydrogen-bond donors (Lipinski definition) is 4. The molecular formula is C19H19Cl2N3O4. The average Bonchev–Trinajstić information content (AvgIpc) is 2.64. The molecule has 2 rings (SSSR count). The molecule has 148 valence electrons. The van der Waals surface area contributed by atoms with Crippen molar-refractivity contribution < 1.29 is 19.5 Å². The van der Waals surface area contributed by atoms with Gasteiger partial charge in [-0.15, -0.1) is 0 Å². The topological polar surface area (TPSA) is 108 Å². The molecule has 28 heavy (non-hydrogen) atoms. The summed E-state index contributed by atoms with van der Waals surface area (Å²) in [4.78, 5) is 35.6. The van der Waals surface area contributed by atoms with Gasteiger partial charge in [0, 0.05) is 6.54 Å². The molecule has 0 aliphatic heterocycles. The van der Waals surface area contributed by atoms with Crippen molar-refractivity contribution in [3.63, 3.8) is 0 Å². The van der Waals surface area contributed by atoms with Crippen molar-refractivity contribution in [3.05, 3.63) is 69.2 Å². The lowest BCUT2D eigenvalue weighted by atomic mass is 10.1. The summed E-state index contributed by atoms with van der Waals surface area (Å²) in [7, 11) is 0. The summed E-state index contributed by atoms with van der Waals surface area (Å²) in [5, 5.41) is 16.8. The molecule has 0 bridgehead atoms. The minimum Gasteiger partial charge on any atom is -0.480 e. The summed E-state index contributed by atoms with van der Waals surface area (Å²) in [5.74, 6) is -2.06. The van der Waals surface area contributed by atoms with E-state index in [-0.39, 0.29) is 28.7 Å². The van der Waals surface area contributed by atoms with Crippen molar-refractivity contribution in [1.29, 1.82) is 0 Å². The first-order valence-electron chi connectivity index (χ1n) is 8.33. The van der Waals surface area contributed by atoms with Crippen LogP contribution in [0.4, 0.5) is 4.79 Å². The molecule has 7 nitrogen and oxygen atoms in total. The van der Waals surface area contributed by atoms with E-state index in [9.17, 15) is 19.5 Å². The number of hydrogen-bond acceptors (Lipinski definition) is 3. The van der Waals surface area contributed by atoms with Crippen LogP contribution in [0.15, 0.2) is 42.5 Å². The predicted octanol–water partition coefficient (Wildman–Crippen LogP) is 2.98. The molecule has 0 radical (unpaired) electrons. The number of carbonyl (C=O) groups excluding carboxylic acids is 2. The van der Waals surface area contributed by atoms with Gasteiger partial charge in [-0.05, 0) is 24.6 Å². The van der Waals surface area contributed by atoms with Gasteiger partial charge in [0.15, 0.2) is 0 Å². The Balaban J connectivity index is 1.90. The highest BCUT2D eigenvalue weighted by Gasteiger charge is 2.23. The fraction of sp³-hybridized carbons (Fsp3) is 0.211. The van der Waals surface area contributed by atoms with Crippen molar-refractivity contribution in [2.24, 2.45) is 0 Å². The van der Waals surface area contributed by atoms with Gasteiger partial charge in [-0.25, -0.2) is 9.59 Å². The monoisotopic (exact) mass is 423 g/mol. The van der Waals surface area contributed by atoms with E-state index < -0.39 is 23.9 Å². The van der Waals surface area contributed by atoms with Gasteiger partial charge in [-0.3, -0.25) is 4.79 Å². The zero-order valence-electron chi connectivity index (χ0n) is 15.0. The van der Waals surface area contributed by atoms with E-state index in [2.05, 4.69) is 16.0 Å². The van der Waals surface area contributed by atoms with Crippen molar-refractivity contribution in [2.45, 2.75) is 19.5 Å². The predicted molar refractivity (Wildman–Crippen MR) is 107 cm³/mol. The Morgan fingerprint density at radius 3 is 2.18 bits per heavy atom. The van der Waals surface area contributed by atoms with E-state index in [0.717, 1.165) is 11.1 Å². The summed E-state index contributed by atoms with van der Waals surface area (Å²) in [6, 6.07) is 10.2. The van der Waals surface area contributed by atoms with Crippen LogP contribution in [-0.4, -0.2) is 35.6 Å². The van der Waals surface area contributed by atoms with Crippen molar-refractivity contribution in [3.8, 4) is 0 Å². The Morgan fingerprint density at radius 2 is 1.61 bits per heavy atom. The molecule has 0 heterocycles. The Bertz CT molecular complexity index is 852. The maximum absolute atomic E-state index is 12.3. The molecule has 0 saturated carbocycles. The number of nitrogens with one attached hydrogen (secondary N) is 3. The second-order valence-corrected chi connectivity index (χ2v) is 6.82. The van der Waals surface area contributed by atoms with Crippen LogP contribution in [0, 0.1) is 6.92 Å². The van der Waals surface area contributed by atoms with Gasteiger partial charge in [0.1, 0.15) is 6.04 Å². The summed E-state index contributed by atoms with van der Waals surface area (Å²) < 4.78 is 0. The number of aryl methyl sites for hydroxylation is 1. The molecule has 0 saturated heterocycles. The van der Waals surface area contributed by atoms with E-state index in [4.69, 9.17) is 23.2 Å². The Kier molecular flexibility index (Phi) is 7.66. The largest absolute Gasteiger partial charge is 0.480 e. The van der Waals surface area contributed by atoms with Crippen LogP contribution >= 0.6 is 23.2 Å². The smallest absolute Gasteiger partial charge is 0.328 e. The molecule has 0 aromatic heterocycles. The molecule has 0 spiro atoms. The van der Waals surface area contributed by atoms with Gasteiger partial charge >= 0.3 is 12.0 Å². The Labute approximate surface area is 172 Å². The third-order valence-corrected chi connectivity index (χ3v) is 4.46. The maximum Gasteiger partial charge on any atom is 0.328 e. The van der Waals surface area contributed by atoms with Crippen LogP contribution in [-0.2, 0) is 11.3 Å². The highest BCUT2D eigenvalue weighted by molar-refractivity contribution is 6.39. The van der Waals surface area contributed by atoms with Crippen molar-refractivity contribution in [2.75, 3.05) is 6.54 Å². The molecule has 2 aromatic carbocycles. The van der Waals surface area contributed by atoms with E-state index in [1.54, 1.807) is 6.07 Å². The second kappa shape index (κ2) is 9.96. The summed E-state index contributed by atoms with van der Waals surface area (Å²) >= 11 is 11.9. The van der Waals surface area contributed by atoms with E-state index in [1.807, 2.05) is 31.2 Å². The number of aliphatic carboxylic acids is 1. The highest BCUT2D eigenvalue weighted by Crippen LogP contribution is 2.24. The first-order valence-corrected chi connectivity index (χ1v) is 9.08. The van der Waals surface area contributed by atoms with Gasteiger partial charge in [-0.2, -0.15) is 0 Å². The van der Waals surface area contributed by atoms with Crippen LogP contribution < -0.4 is 16.0 Å². The molecule has 2 aromatic rings. The normalized spacial score (nSPS) is 11.4. The molecule has 3 amide bonds. The first-order chi connectivity index (χ1) is 13.3. The molecule has 9 heteroatoms. The standard InChI is InChI=1S/C19H19Cl2N3O4/c1-11-5-7-12(8-6-11)9-22-19(28)23-10-15(18(26)27)24-17(25)16-13(20)3-2-4-14(16)21/h2-8,15H,9-10H2,1H3,(H,24,25)(H,26,27)(H2,22,23,28)/t15-/m0/s1. The molecule has 0 aliphatic carbocycles. The minimum atomic E-state index is -1.36. The molecule has 0 aliphatic rings. The summed E-state index contributed by atoms with van der Waals surface area (Å²) in [5.41, 5.74) is 1.98. The Morgan fingerprint density at radius 1 is 1.00 bits per heavy atom. The number of amides is 3. The van der Waals surface area contributed by atoms with Crippen LogP contribution in [0.5, 0.6) is 0 Å². The summed E-state index contributed by atoms with van der Waals surface area (Å²) in [6.07, 6.45) is 0. The SMILES string of the molecule is Cc1ccc(CNC(=O)NC[C@H](NC(=O)c2c(Cl)cccc2Cl)C(=O)O)cc1. The molecule has 4 N–H and O–H groups in total. The fourth-order valence-electron chi connectivity index (χ4n) is 2.29. The van der Waals surface area contributed by atoms with Crippen molar-refractivity contribution in [1.82, 2.24) is 16.0 Å². The number of halogens is 2. The Hall–Kier alpha value is -2.77. The maximum atomic E-state index is 12.3. The zero-order chi connectivity index (χ0) is 20.7. The van der Waals surface area contributed by atoms with E-state index >= 15 is 0 Å². The van der Waals surface area contributed by atoms with Crippen LogP contribution in [0.1, 0.15) is 21.5 Å². The fourth-order valence-corrected chi connectivity index (χ4v) is 2.86. The van der Waals surface area contributed by atoms with Crippen molar-refractivity contribution >= 4 is 41.1 Å². The van der Waals surface area contributed by atoms with Crippen LogP contribution in [0.25, 0.3) is 0 Å². The molecule has 1 atom stereocenters. The van der Waals surface area contributed by atoms with Gasteiger partial charge < -0.3 is 21.1 Å².